The highest BCUT2D eigenvalue weighted by atomic mass is 15.0. The average Bonchev–Trinajstić information content (AvgIpc) is 2.64. The van der Waals surface area contributed by atoms with Crippen molar-refractivity contribution in [3.05, 3.63) is 0 Å². The molecule has 1 heteroatoms. The fraction of sp³-hybridized carbons (Fsp3) is 1.00. The summed E-state index contributed by atoms with van der Waals surface area (Å²) in [5.74, 6) is 0.867. The van der Waals surface area contributed by atoms with Crippen LogP contribution in [0, 0.1) is 5.92 Å². The van der Waals surface area contributed by atoms with Crippen molar-refractivity contribution in [2.24, 2.45) is 5.92 Å². The minimum absolute atomic E-state index is 0.574. The Kier molecular flexibility index (Phi) is 2.35. The molecule has 0 atom stereocenters. The van der Waals surface area contributed by atoms with Gasteiger partial charge < -0.3 is 5.32 Å². The van der Waals surface area contributed by atoms with Gasteiger partial charge in [-0.3, -0.25) is 0 Å². The van der Waals surface area contributed by atoms with Crippen LogP contribution in [-0.2, 0) is 0 Å². The summed E-state index contributed by atoms with van der Waals surface area (Å²) in [5.41, 5.74) is 0.574. The van der Waals surface area contributed by atoms with E-state index in [-0.39, 0.29) is 0 Å². The van der Waals surface area contributed by atoms with Gasteiger partial charge in [0.1, 0.15) is 0 Å². The molecule has 1 fully saturated rings. The van der Waals surface area contributed by atoms with Crippen LogP contribution in [0.2, 0.25) is 0 Å². The molecule has 0 amide bonds. The van der Waals surface area contributed by atoms with Gasteiger partial charge in [-0.05, 0) is 38.6 Å². The van der Waals surface area contributed by atoms with Gasteiger partial charge in [-0.15, -0.1) is 0 Å². The standard InChI is InChI=1S/C9H19N/c1-8(2)4-5-9(10-3)6-7-9/h8,10H,4-7H2,1-3H3. The Hall–Kier alpha value is -0.0400. The van der Waals surface area contributed by atoms with E-state index in [1.54, 1.807) is 0 Å². The number of hydrogen-bond acceptors (Lipinski definition) is 1. The maximum Gasteiger partial charge on any atom is 0.0180 e. The van der Waals surface area contributed by atoms with Gasteiger partial charge in [0, 0.05) is 5.54 Å². The highest BCUT2D eigenvalue weighted by Gasteiger charge is 2.39. The van der Waals surface area contributed by atoms with Crippen molar-refractivity contribution < 1.29 is 0 Å². The van der Waals surface area contributed by atoms with Crippen molar-refractivity contribution >= 4 is 0 Å². The van der Waals surface area contributed by atoms with Crippen molar-refractivity contribution in [3.8, 4) is 0 Å². The SMILES string of the molecule is CNC1(CCC(C)C)CC1. The summed E-state index contributed by atoms with van der Waals surface area (Å²) in [6.45, 7) is 4.59. The Morgan fingerprint density at radius 1 is 1.40 bits per heavy atom. The summed E-state index contributed by atoms with van der Waals surface area (Å²) >= 11 is 0. The molecule has 1 nitrogen and oxygen atoms in total. The highest BCUT2D eigenvalue weighted by molar-refractivity contribution is 5.00. The van der Waals surface area contributed by atoms with E-state index >= 15 is 0 Å². The molecule has 0 aromatic carbocycles. The predicted octanol–water partition coefficient (Wildman–Crippen LogP) is 2.17. The van der Waals surface area contributed by atoms with Crippen LogP contribution < -0.4 is 5.32 Å². The third kappa shape index (κ3) is 1.98. The van der Waals surface area contributed by atoms with Crippen LogP contribution in [0.3, 0.4) is 0 Å². The lowest BCUT2D eigenvalue weighted by Crippen LogP contribution is -2.27. The van der Waals surface area contributed by atoms with Gasteiger partial charge in [0.25, 0.3) is 0 Å². The van der Waals surface area contributed by atoms with Crippen LogP contribution in [0.15, 0.2) is 0 Å². The number of rotatable bonds is 4. The molecule has 0 aromatic rings. The lowest BCUT2D eigenvalue weighted by Gasteiger charge is -2.14. The molecule has 1 N–H and O–H groups in total. The maximum absolute atomic E-state index is 3.41. The minimum atomic E-state index is 0.574. The van der Waals surface area contributed by atoms with Gasteiger partial charge in [0.15, 0.2) is 0 Å². The molecule has 1 saturated carbocycles. The molecule has 0 aromatic heterocycles. The van der Waals surface area contributed by atoms with E-state index < -0.39 is 0 Å². The van der Waals surface area contributed by atoms with Crippen LogP contribution in [0.1, 0.15) is 39.5 Å². The first kappa shape index (κ1) is 8.06. The van der Waals surface area contributed by atoms with E-state index in [4.69, 9.17) is 0 Å². The van der Waals surface area contributed by atoms with E-state index in [0.717, 1.165) is 5.92 Å². The normalized spacial score (nSPS) is 21.6. The third-order valence-electron chi connectivity index (χ3n) is 2.58. The molecule has 1 aliphatic carbocycles. The zero-order valence-corrected chi connectivity index (χ0v) is 7.41. The van der Waals surface area contributed by atoms with E-state index in [9.17, 15) is 0 Å². The van der Waals surface area contributed by atoms with Crippen molar-refractivity contribution in [2.75, 3.05) is 7.05 Å². The summed E-state index contributed by atoms with van der Waals surface area (Å²) in [6, 6.07) is 0. The Morgan fingerprint density at radius 2 is 2.00 bits per heavy atom. The smallest absolute Gasteiger partial charge is 0.0180 e. The first-order valence-corrected chi connectivity index (χ1v) is 4.37. The molecule has 1 aliphatic rings. The molecular formula is C9H19N. The zero-order chi connectivity index (χ0) is 7.61. The Bertz CT molecular complexity index is 103. The fourth-order valence-electron chi connectivity index (χ4n) is 1.34. The molecule has 0 saturated heterocycles. The van der Waals surface area contributed by atoms with Crippen LogP contribution in [0.25, 0.3) is 0 Å². The molecular weight excluding hydrogens is 122 g/mol. The molecule has 0 bridgehead atoms. The molecule has 0 radical (unpaired) electrons. The van der Waals surface area contributed by atoms with Crippen LogP contribution in [-0.4, -0.2) is 12.6 Å². The number of nitrogens with one attached hydrogen (secondary N) is 1. The number of hydrogen-bond donors (Lipinski definition) is 1. The lowest BCUT2D eigenvalue weighted by molar-refractivity contribution is 0.440. The van der Waals surface area contributed by atoms with Crippen molar-refractivity contribution in [1.82, 2.24) is 5.32 Å². The van der Waals surface area contributed by atoms with E-state index in [1.807, 2.05) is 0 Å². The van der Waals surface area contributed by atoms with Crippen molar-refractivity contribution in [3.63, 3.8) is 0 Å². The molecule has 0 spiro atoms. The maximum atomic E-state index is 3.41. The van der Waals surface area contributed by atoms with Crippen LogP contribution in [0.4, 0.5) is 0 Å². The monoisotopic (exact) mass is 141 g/mol. The highest BCUT2D eigenvalue weighted by Crippen LogP contribution is 2.39. The topological polar surface area (TPSA) is 12.0 Å². The summed E-state index contributed by atoms with van der Waals surface area (Å²) in [7, 11) is 2.09. The van der Waals surface area contributed by atoms with Crippen molar-refractivity contribution in [2.45, 2.75) is 45.1 Å². The second kappa shape index (κ2) is 2.91. The van der Waals surface area contributed by atoms with Gasteiger partial charge in [-0.25, -0.2) is 0 Å². The summed E-state index contributed by atoms with van der Waals surface area (Å²) in [5, 5.41) is 3.41. The predicted molar refractivity (Wildman–Crippen MR) is 45.1 cm³/mol. The summed E-state index contributed by atoms with van der Waals surface area (Å²) < 4.78 is 0. The molecule has 0 unspecified atom stereocenters. The largest absolute Gasteiger partial charge is 0.314 e. The molecule has 0 aliphatic heterocycles. The zero-order valence-electron chi connectivity index (χ0n) is 7.41. The second-order valence-electron chi connectivity index (χ2n) is 3.96. The Labute approximate surface area is 64.2 Å². The molecule has 1 rings (SSSR count). The molecule has 0 heterocycles. The van der Waals surface area contributed by atoms with Gasteiger partial charge in [-0.2, -0.15) is 0 Å². The second-order valence-corrected chi connectivity index (χ2v) is 3.96. The Morgan fingerprint density at radius 3 is 2.30 bits per heavy atom. The fourth-order valence-corrected chi connectivity index (χ4v) is 1.34. The van der Waals surface area contributed by atoms with Gasteiger partial charge in [0.05, 0.1) is 0 Å². The summed E-state index contributed by atoms with van der Waals surface area (Å²) in [4.78, 5) is 0. The van der Waals surface area contributed by atoms with E-state index in [1.165, 1.54) is 25.7 Å². The summed E-state index contributed by atoms with van der Waals surface area (Å²) in [6.07, 6.45) is 5.55. The van der Waals surface area contributed by atoms with Crippen LogP contribution in [0.5, 0.6) is 0 Å². The molecule has 60 valence electrons. The first-order chi connectivity index (χ1) is 4.68. The lowest BCUT2D eigenvalue weighted by atomic mass is 10.0. The van der Waals surface area contributed by atoms with E-state index in [0.29, 0.717) is 5.54 Å². The minimum Gasteiger partial charge on any atom is -0.314 e. The molecule has 10 heavy (non-hydrogen) atoms. The third-order valence-corrected chi connectivity index (χ3v) is 2.58. The van der Waals surface area contributed by atoms with Gasteiger partial charge in [-0.1, -0.05) is 13.8 Å². The van der Waals surface area contributed by atoms with Gasteiger partial charge >= 0.3 is 0 Å². The van der Waals surface area contributed by atoms with Crippen LogP contribution >= 0.6 is 0 Å². The Balaban J connectivity index is 2.13. The van der Waals surface area contributed by atoms with Gasteiger partial charge in [0.2, 0.25) is 0 Å². The quantitative estimate of drug-likeness (QED) is 0.632. The van der Waals surface area contributed by atoms with Crippen molar-refractivity contribution in [1.29, 1.82) is 0 Å². The van der Waals surface area contributed by atoms with E-state index in [2.05, 4.69) is 26.2 Å². The average molecular weight is 141 g/mol. The first-order valence-electron chi connectivity index (χ1n) is 4.37.